The quantitative estimate of drug-likeness (QED) is 0.160. The van der Waals surface area contributed by atoms with Gasteiger partial charge in [-0.25, -0.2) is 0 Å². The van der Waals surface area contributed by atoms with E-state index in [1.807, 2.05) is 11.3 Å². The molecule has 0 aliphatic carbocycles. The fourth-order valence-electron chi connectivity index (χ4n) is 9.24. The van der Waals surface area contributed by atoms with Crippen molar-refractivity contribution >= 4 is 81.3 Å². The Morgan fingerprint density at radius 1 is 0.361 bits per heavy atom. The molecule has 0 saturated carbocycles. The van der Waals surface area contributed by atoms with E-state index in [0.29, 0.717) is 0 Å². The van der Waals surface area contributed by atoms with Crippen molar-refractivity contribution in [2.45, 2.75) is 0 Å². The number of nitrogens with zero attached hydrogens (tertiary/aromatic N) is 1. The fraction of sp³-hybridized carbons (Fsp3) is 0. The van der Waals surface area contributed by atoms with Crippen LogP contribution in [0.2, 0.25) is 0 Å². The van der Waals surface area contributed by atoms with E-state index < -0.39 is 0 Å². The van der Waals surface area contributed by atoms with E-state index in [0.717, 1.165) is 61.1 Å². The van der Waals surface area contributed by atoms with Crippen LogP contribution >= 0.6 is 11.3 Å². The molecule has 0 bridgehead atoms. The number of hydrogen-bond acceptors (Lipinski definition) is 3. The second-order valence-corrected chi connectivity index (χ2v) is 16.6. The fourth-order valence-corrected chi connectivity index (χ4v) is 10.5. The van der Waals surface area contributed by atoms with Crippen LogP contribution in [0.25, 0.3) is 97.4 Å². The van der Waals surface area contributed by atoms with E-state index in [4.69, 9.17) is 4.42 Å². The molecule has 0 fully saturated rings. The van der Waals surface area contributed by atoms with Gasteiger partial charge in [-0.2, -0.15) is 0 Å². The Bertz CT molecular complexity index is 3580. The van der Waals surface area contributed by atoms with E-state index in [9.17, 15) is 0 Å². The molecule has 0 atom stereocenters. The van der Waals surface area contributed by atoms with Gasteiger partial charge < -0.3 is 9.32 Å². The number of benzene rings is 10. The third-order valence-electron chi connectivity index (χ3n) is 12.1. The van der Waals surface area contributed by atoms with Gasteiger partial charge >= 0.3 is 0 Å². The Kier molecular flexibility index (Phi) is 8.39. The number of rotatable bonds is 7. The lowest BCUT2D eigenvalue weighted by atomic mass is 9.91. The summed E-state index contributed by atoms with van der Waals surface area (Å²) in [5.41, 5.74) is 14.6. The van der Waals surface area contributed by atoms with Crippen molar-refractivity contribution < 1.29 is 4.42 Å². The van der Waals surface area contributed by atoms with Crippen LogP contribution in [0.5, 0.6) is 0 Å². The Morgan fingerprint density at radius 2 is 1.00 bits per heavy atom. The Balaban J connectivity index is 1.05. The number of para-hydroxylation sites is 1. The molecule has 2 nitrogen and oxygen atoms in total. The van der Waals surface area contributed by atoms with E-state index in [2.05, 4.69) is 229 Å². The van der Waals surface area contributed by atoms with E-state index in [1.165, 1.54) is 53.4 Å². The third kappa shape index (κ3) is 5.93. The van der Waals surface area contributed by atoms with Crippen molar-refractivity contribution in [3.8, 4) is 44.5 Å². The van der Waals surface area contributed by atoms with Gasteiger partial charge in [0.15, 0.2) is 0 Å². The second-order valence-electron chi connectivity index (χ2n) is 15.6. The SMILES string of the molecule is c1ccc(-c2ccc(-c3ccc(N(c4ccccc4-c4cccc5oc6c7ccccc7ccc6c45)c4cccc5c4sc4ccccc45)cc3)cc2-c2ccccc2)cc1. The summed E-state index contributed by atoms with van der Waals surface area (Å²) in [4.78, 5) is 2.46. The van der Waals surface area contributed by atoms with Gasteiger partial charge in [-0.3, -0.25) is 0 Å². The van der Waals surface area contributed by atoms with Gasteiger partial charge in [0.05, 0.1) is 16.1 Å². The van der Waals surface area contributed by atoms with Crippen LogP contribution in [0.15, 0.2) is 229 Å². The largest absolute Gasteiger partial charge is 0.455 e. The lowest BCUT2D eigenvalue weighted by molar-refractivity contribution is 0.673. The van der Waals surface area contributed by atoms with Gasteiger partial charge in [0.25, 0.3) is 0 Å². The van der Waals surface area contributed by atoms with Crippen LogP contribution in [-0.4, -0.2) is 0 Å². The van der Waals surface area contributed by atoms with E-state index >= 15 is 0 Å². The van der Waals surface area contributed by atoms with Gasteiger partial charge in [-0.1, -0.05) is 176 Å². The molecule has 2 heterocycles. The Labute approximate surface area is 357 Å². The number of anilines is 3. The normalized spacial score (nSPS) is 11.6. The summed E-state index contributed by atoms with van der Waals surface area (Å²) in [6.07, 6.45) is 0. The monoisotopic (exact) mass is 795 g/mol. The molecule has 12 aromatic rings. The average molecular weight is 796 g/mol. The second kappa shape index (κ2) is 14.5. The molecule has 0 spiro atoms. The van der Waals surface area contributed by atoms with Gasteiger partial charge in [0.2, 0.25) is 0 Å². The predicted octanol–water partition coefficient (Wildman–Crippen LogP) is 17.2. The lowest BCUT2D eigenvalue weighted by Gasteiger charge is -2.28. The Hall–Kier alpha value is -7.72. The van der Waals surface area contributed by atoms with Gasteiger partial charge in [-0.15, -0.1) is 11.3 Å². The van der Waals surface area contributed by atoms with Crippen molar-refractivity contribution in [3.63, 3.8) is 0 Å². The molecule has 3 heteroatoms. The van der Waals surface area contributed by atoms with Crippen molar-refractivity contribution in [3.05, 3.63) is 224 Å². The van der Waals surface area contributed by atoms with Gasteiger partial charge in [0, 0.05) is 42.9 Å². The number of thiophene rings is 1. The van der Waals surface area contributed by atoms with Crippen LogP contribution in [-0.2, 0) is 0 Å². The summed E-state index contributed by atoms with van der Waals surface area (Å²) in [5.74, 6) is 0. The molecule has 0 radical (unpaired) electrons. The lowest BCUT2D eigenvalue weighted by Crippen LogP contribution is -2.11. The minimum absolute atomic E-state index is 0.884. The maximum absolute atomic E-state index is 6.70. The summed E-state index contributed by atoms with van der Waals surface area (Å²) in [6, 6.07) is 81.1. The number of fused-ring (bicyclic) bond motifs is 8. The van der Waals surface area contributed by atoms with Crippen LogP contribution < -0.4 is 4.90 Å². The highest BCUT2D eigenvalue weighted by Crippen LogP contribution is 2.49. The van der Waals surface area contributed by atoms with Gasteiger partial charge in [-0.05, 0) is 92.9 Å². The molecule has 10 aromatic carbocycles. The highest BCUT2D eigenvalue weighted by molar-refractivity contribution is 7.26. The highest BCUT2D eigenvalue weighted by Gasteiger charge is 2.23. The van der Waals surface area contributed by atoms with Crippen molar-refractivity contribution in [1.29, 1.82) is 0 Å². The van der Waals surface area contributed by atoms with Crippen LogP contribution in [0.3, 0.4) is 0 Å². The first-order valence-corrected chi connectivity index (χ1v) is 21.6. The molecule has 12 rings (SSSR count). The summed E-state index contributed by atoms with van der Waals surface area (Å²) < 4.78 is 9.24. The number of hydrogen-bond donors (Lipinski definition) is 0. The van der Waals surface area contributed by atoms with E-state index in [1.54, 1.807) is 0 Å². The van der Waals surface area contributed by atoms with Gasteiger partial charge in [0.1, 0.15) is 11.2 Å². The van der Waals surface area contributed by atoms with Crippen LogP contribution in [0.1, 0.15) is 0 Å². The molecular formula is C58H37NOS. The number of furan rings is 1. The summed E-state index contributed by atoms with van der Waals surface area (Å²) in [7, 11) is 0. The molecule has 0 aliphatic rings. The molecule has 2 aromatic heterocycles. The molecule has 0 N–H and O–H groups in total. The minimum atomic E-state index is 0.884. The molecule has 0 aliphatic heterocycles. The zero-order valence-electron chi connectivity index (χ0n) is 33.1. The molecule has 0 saturated heterocycles. The highest BCUT2D eigenvalue weighted by atomic mass is 32.1. The molecule has 286 valence electrons. The van der Waals surface area contributed by atoms with Crippen molar-refractivity contribution in [2.75, 3.05) is 4.90 Å². The topological polar surface area (TPSA) is 16.4 Å². The molecule has 61 heavy (non-hydrogen) atoms. The third-order valence-corrected chi connectivity index (χ3v) is 13.3. The first-order chi connectivity index (χ1) is 30.3. The zero-order valence-corrected chi connectivity index (χ0v) is 33.9. The minimum Gasteiger partial charge on any atom is -0.455 e. The van der Waals surface area contributed by atoms with Crippen molar-refractivity contribution in [1.82, 2.24) is 0 Å². The maximum Gasteiger partial charge on any atom is 0.143 e. The van der Waals surface area contributed by atoms with Crippen LogP contribution in [0.4, 0.5) is 17.1 Å². The van der Waals surface area contributed by atoms with Crippen molar-refractivity contribution in [2.24, 2.45) is 0 Å². The molecular weight excluding hydrogens is 759 g/mol. The summed E-state index contributed by atoms with van der Waals surface area (Å²) in [6.45, 7) is 0. The van der Waals surface area contributed by atoms with Crippen LogP contribution in [0, 0.1) is 0 Å². The predicted molar refractivity (Wildman–Crippen MR) is 261 cm³/mol. The van der Waals surface area contributed by atoms with E-state index in [-0.39, 0.29) is 0 Å². The first kappa shape index (κ1) is 35.2. The smallest absolute Gasteiger partial charge is 0.143 e. The average Bonchev–Trinajstić information content (AvgIpc) is 3.92. The zero-order chi connectivity index (χ0) is 40.3. The summed E-state index contributed by atoms with van der Waals surface area (Å²) in [5, 5.41) is 7.08. The summed E-state index contributed by atoms with van der Waals surface area (Å²) >= 11 is 1.86. The molecule has 0 unspecified atom stereocenters. The maximum atomic E-state index is 6.70. The standard InChI is InChI=1S/C58H37NOS/c1-3-15-39(16-4-1)44-35-32-42(37-51(44)40-17-5-2-6-18-40)38-29-33-43(34-30-38)59(53-26-13-24-49-47-22-10-12-28-55(47)61-58(49)53)52-25-11-9-21-46(52)48-23-14-27-54-56(48)50-36-31-41-19-7-8-20-45(41)57(50)60-54/h1-37H. The molecule has 0 amide bonds. The first-order valence-electron chi connectivity index (χ1n) is 20.7. The Morgan fingerprint density at radius 3 is 1.84 bits per heavy atom.